The minimum Gasteiger partial charge on any atom is -0.506 e. The van der Waals surface area contributed by atoms with Gasteiger partial charge in [-0.05, 0) is 31.2 Å². The van der Waals surface area contributed by atoms with E-state index in [1.54, 1.807) is 18.3 Å². The number of benzene rings is 1. The second-order valence-electron chi connectivity index (χ2n) is 4.57. The van der Waals surface area contributed by atoms with Crippen LogP contribution in [0, 0.1) is 0 Å². The molecule has 3 rings (SSSR count). The lowest BCUT2D eigenvalue weighted by atomic mass is 10.1. The van der Waals surface area contributed by atoms with Gasteiger partial charge in [-0.2, -0.15) is 5.10 Å². The highest BCUT2D eigenvalue weighted by molar-refractivity contribution is 5.99. The largest absolute Gasteiger partial charge is 0.506 e. The molecular weight excluding hydrogens is 264 g/mol. The summed E-state index contributed by atoms with van der Waals surface area (Å²) in [6.07, 6.45) is 1.69. The van der Waals surface area contributed by atoms with Gasteiger partial charge in [0.25, 0.3) is 0 Å². The van der Waals surface area contributed by atoms with E-state index in [1.165, 1.54) is 0 Å². The zero-order chi connectivity index (χ0) is 14.7. The van der Waals surface area contributed by atoms with Gasteiger partial charge in [0.05, 0.1) is 11.4 Å². The number of nitrogens with zero attached hydrogens (tertiary/aromatic N) is 3. The van der Waals surface area contributed by atoms with Gasteiger partial charge in [-0.15, -0.1) is 0 Å². The van der Waals surface area contributed by atoms with Gasteiger partial charge >= 0.3 is 0 Å². The van der Waals surface area contributed by atoms with E-state index in [0.717, 1.165) is 5.39 Å². The molecule has 0 aliphatic carbocycles. The summed E-state index contributed by atoms with van der Waals surface area (Å²) in [5, 5.41) is 15.0. The number of aromatic nitrogens is 2. The predicted molar refractivity (Wildman–Crippen MR) is 83.5 cm³/mol. The first-order chi connectivity index (χ1) is 10.2. The number of hydrazone groups is 1. The van der Waals surface area contributed by atoms with Gasteiger partial charge in [0.1, 0.15) is 17.1 Å². The first-order valence-electron chi connectivity index (χ1n) is 6.54. The summed E-state index contributed by atoms with van der Waals surface area (Å²) < 4.78 is 0. The third kappa shape index (κ3) is 2.81. The molecule has 2 N–H and O–H groups in total. The molecule has 2 aromatic heterocycles. The van der Waals surface area contributed by atoms with E-state index >= 15 is 0 Å². The van der Waals surface area contributed by atoms with Gasteiger partial charge in [-0.3, -0.25) is 5.43 Å². The fraction of sp³-hybridized carbons (Fsp3) is 0.0625. The Bertz CT molecular complexity index is 800. The molecule has 0 spiro atoms. The van der Waals surface area contributed by atoms with Gasteiger partial charge in [0.15, 0.2) is 0 Å². The quantitative estimate of drug-likeness (QED) is 0.570. The molecule has 1 aromatic carbocycles. The fourth-order valence-electron chi connectivity index (χ4n) is 1.96. The van der Waals surface area contributed by atoms with Crippen molar-refractivity contribution >= 4 is 22.4 Å². The Kier molecular flexibility index (Phi) is 3.47. The van der Waals surface area contributed by atoms with E-state index in [0.29, 0.717) is 22.7 Å². The summed E-state index contributed by atoms with van der Waals surface area (Å²) in [5.41, 5.74) is 4.87. The Hall–Kier alpha value is -2.95. The summed E-state index contributed by atoms with van der Waals surface area (Å²) in [5.74, 6) is 0.834. The molecule has 3 aromatic rings. The number of pyridine rings is 2. The van der Waals surface area contributed by atoms with Gasteiger partial charge in [0, 0.05) is 11.6 Å². The van der Waals surface area contributed by atoms with Crippen molar-refractivity contribution in [1.29, 1.82) is 0 Å². The van der Waals surface area contributed by atoms with Crippen molar-refractivity contribution < 1.29 is 5.11 Å². The average Bonchev–Trinajstić information content (AvgIpc) is 2.54. The molecule has 0 saturated carbocycles. The zero-order valence-electron chi connectivity index (χ0n) is 11.5. The molecule has 0 aliphatic heterocycles. The molecule has 0 fully saturated rings. The summed E-state index contributed by atoms with van der Waals surface area (Å²) in [6.45, 7) is 1.85. The third-order valence-corrected chi connectivity index (χ3v) is 3.07. The number of hydrogen-bond acceptors (Lipinski definition) is 5. The molecular formula is C16H14N4O. The van der Waals surface area contributed by atoms with E-state index in [2.05, 4.69) is 20.5 Å². The van der Waals surface area contributed by atoms with Gasteiger partial charge in [-0.1, -0.05) is 24.3 Å². The summed E-state index contributed by atoms with van der Waals surface area (Å²) >= 11 is 0. The Morgan fingerprint density at radius 1 is 1.10 bits per heavy atom. The minimum atomic E-state index is 0.167. The zero-order valence-corrected chi connectivity index (χ0v) is 11.5. The second-order valence-corrected chi connectivity index (χ2v) is 4.57. The van der Waals surface area contributed by atoms with Crippen LogP contribution in [0.4, 0.5) is 5.82 Å². The number of para-hydroxylation sites is 1. The molecule has 0 amide bonds. The van der Waals surface area contributed by atoms with Gasteiger partial charge in [0.2, 0.25) is 0 Å². The maximum absolute atomic E-state index is 9.86. The summed E-state index contributed by atoms with van der Waals surface area (Å²) in [4.78, 5) is 8.58. The smallest absolute Gasteiger partial charge is 0.146 e. The second kappa shape index (κ2) is 5.58. The summed E-state index contributed by atoms with van der Waals surface area (Å²) in [6, 6.07) is 14.7. The lowest BCUT2D eigenvalue weighted by molar-refractivity contribution is 0.480. The molecule has 0 aliphatic rings. The molecule has 21 heavy (non-hydrogen) atoms. The lowest BCUT2D eigenvalue weighted by Crippen LogP contribution is -2.03. The number of rotatable bonds is 3. The SMILES string of the molecule is C/C(=N/Nc1ccccn1)c1ccc2cccc(O)c2n1. The van der Waals surface area contributed by atoms with Crippen LogP contribution < -0.4 is 5.43 Å². The molecule has 5 heteroatoms. The molecule has 5 nitrogen and oxygen atoms in total. The van der Waals surface area contributed by atoms with Gasteiger partial charge < -0.3 is 5.11 Å². The van der Waals surface area contributed by atoms with Crippen LogP contribution in [0.3, 0.4) is 0 Å². The molecule has 104 valence electrons. The van der Waals surface area contributed by atoms with Crippen molar-refractivity contribution in [2.75, 3.05) is 5.43 Å². The minimum absolute atomic E-state index is 0.167. The van der Waals surface area contributed by atoms with E-state index in [-0.39, 0.29) is 5.75 Å². The van der Waals surface area contributed by atoms with E-state index in [4.69, 9.17) is 0 Å². The Morgan fingerprint density at radius 3 is 2.81 bits per heavy atom. The van der Waals surface area contributed by atoms with Crippen LogP contribution in [0.5, 0.6) is 5.75 Å². The van der Waals surface area contributed by atoms with Crippen LogP contribution in [0.1, 0.15) is 12.6 Å². The number of aromatic hydroxyl groups is 1. The number of anilines is 1. The van der Waals surface area contributed by atoms with Crippen LogP contribution in [0.2, 0.25) is 0 Å². The number of phenols is 1. The van der Waals surface area contributed by atoms with Crippen molar-refractivity contribution in [3.8, 4) is 5.75 Å². The monoisotopic (exact) mass is 278 g/mol. The normalized spacial score (nSPS) is 11.6. The average molecular weight is 278 g/mol. The highest BCUT2D eigenvalue weighted by atomic mass is 16.3. The van der Waals surface area contributed by atoms with E-state index in [1.807, 2.05) is 43.3 Å². The van der Waals surface area contributed by atoms with Crippen LogP contribution in [-0.2, 0) is 0 Å². The molecule has 0 atom stereocenters. The molecule has 0 radical (unpaired) electrons. The maximum atomic E-state index is 9.86. The first-order valence-corrected chi connectivity index (χ1v) is 6.54. The van der Waals surface area contributed by atoms with Crippen molar-refractivity contribution in [2.45, 2.75) is 6.92 Å². The number of fused-ring (bicyclic) bond motifs is 1. The molecule has 0 saturated heterocycles. The third-order valence-electron chi connectivity index (χ3n) is 3.07. The van der Waals surface area contributed by atoms with Gasteiger partial charge in [-0.25, -0.2) is 9.97 Å². The molecule has 0 unspecified atom stereocenters. The summed E-state index contributed by atoms with van der Waals surface area (Å²) in [7, 11) is 0. The van der Waals surface area contributed by atoms with Crippen LogP contribution in [0.15, 0.2) is 59.8 Å². The number of nitrogens with one attached hydrogen (secondary N) is 1. The van der Waals surface area contributed by atoms with Crippen LogP contribution >= 0.6 is 0 Å². The Balaban J connectivity index is 1.91. The topological polar surface area (TPSA) is 70.4 Å². The highest BCUT2D eigenvalue weighted by Gasteiger charge is 2.05. The Morgan fingerprint density at radius 2 is 2.00 bits per heavy atom. The number of phenolic OH excluding ortho intramolecular Hbond substituents is 1. The lowest BCUT2D eigenvalue weighted by Gasteiger charge is -2.05. The van der Waals surface area contributed by atoms with E-state index < -0.39 is 0 Å². The van der Waals surface area contributed by atoms with Crippen molar-refractivity contribution in [3.63, 3.8) is 0 Å². The number of hydrogen-bond donors (Lipinski definition) is 2. The fourth-order valence-corrected chi connectivity index (χ4v) is 1.96. The van der Waals surface area contributed by atoms with Crippen LogP contribution in [0.25, 0.3) is 10.9 Å². The van der Waals surface area contributed by atoms with Crippen molar-refractivity contribution in [1.82, 2.24) is 9.97 Å². The highest BCUT2D eigenvalue weighted by Crippen LogP contribution is 2.22. The standard InChI is InChI=1S/C16H14N4O/c1-11(19-20-15-7-2-3-10-17-15)13-9-8-12-5-4-6-14(21)16(12)18-13/h2-10,21H,1H3,(H,17,20)/b19-11-. The molecule has 2 heterocycles. The molecule has 0 bridgehead atoms. The maximum Gasteiger partial charge on any atom is 0.146 e. The van der Waals surface area contributed by atoms with Crippen molar-refractivity contribution in [3.05, 3.63) is 60.4 Å². The Labute approximate surface area is 122 Å². The van der Waals surface area contributed by atoms with E-state index in [9.17, 15) is 5.11 Å². The van der Waals surface area contributed by atoms with Crippen molar-refractivity contribution in [2.24, 2.45) is 5.10 Å². The first kappa shape index (κ1) is 13.1. The predicted octanol–water partition coefficient (Wildman–Crippen LogP) is 3.17. The van der Waals surface area contributed by atoms with Crippen LogP contribution in [-0.4, -0.2) is 20.8 Å².